The van der Waals surface area contributed by atoms with Gasteiger partial charge >= 0.3 is 11.9 Å². The predicted octanol–water partition coefficient (Wildman–Crippen LogP) is 6.15. The zero-order valence-electron chi connectivity index (χ0n) is 21.3. The molecule has 0 radical (unpaired) electrons. The van der Waals surface area contributed by atoms with Crippen molar-refractivity contribution in [2.24, 2.45) is 5.92 Å². The van der Waals surface area contributed by atoms with E-state index in [0.29, 0.717) is 41.2 Å². The Kier molecular flexibility index (Phi) is 8.46. The van der Waals surface area contributed by atoms with Gasteiger partial charge in [-0.2, -0.15) is 0 Å². The van der Waals surface area contributed by atoms with Crippen molar-refractivity contribution in [1.29, 1.82) is 0 Å². The van der Waals surface area contributed by atoms with Crippen LogP contribution in [0.3, 0.4) is 0 Å². The normalized spacial score (nSPS) is 24.4. The molecular formula is C28H33Cl2NO5S. The minimum absolute atomic E-state index is 0.281. The molecule has 2 aliphatic rings. The molecule has 1 N–H and O–H groups in total. The lowest BCUT2D eigenvalue weighted by Crippen LogP contribution is -2.54. The molecule has 1 aliphatic carbocycles. The van der Waals surface area contributed by atoms with Crippen LogP contribution < -0.4 is 0 Å². The third-order valence-corrected chi connectivity index (χ3v) is 9.21. The van der Waals surface area contributed by atoms with Gasteiger partial charge in [0.2, 0.25) is 0 Å². The summed E-state index contributed by atoms with van der Waals surface area (Å²) >= 11 is 12.8. The van der Waals surface area contributed by atoms with Gasteiger partial charge in [0.05, 0.1) is 18.6 Å². The van der Waals surface area contributed by atoms with Crippen LogP contribution in [-0.2, 0) is 14.3 Å². The summed E-state index contributed by atoms with van der Waals surface area (Å²) in [6.07, 6.45) is 9.32. The molecular weight excluding hydrogens is 533 g/mol. The molecule has 1 heterocycles. The van der Waals surface area contributed by atoms with Crippen molar-refractivity contribution in [3.63, 3.8) is 0 Å². The maximum atomic E-state index is 14.1. The van der Waals surface area contributed by atoms with E-state index in [4.69, 9.17) is 27.9 Å². The number of carboxylic acid groups (broad SMARTS) is 1. The first-order valence-corrected chi connectivity index (χ1v) is 16.2. The van der Waals surface area contributed by atoms with Gasteiger partial charge in [-0.25, -0.2) is 10.0 Å². The SMILES string of the molecule is CS(C)(C)CCOC(=O)C1CCCCC1N1C(=O)c2ccccc2C(C(=O)O)C1c1ccc(Cl)cc1Cl. The molecule has 4 rings (SSSR count). The van der Waals surface area contributed by atoms with E-state index in [2.05, 4.69) is 18.8 Å². The smallest absolute Gasteiger partial charge is 0.313 e. The number of nitrogens with zero attached hydrogens (tertiary/aromatic N) is 1. The first-order chi connectivity index (χ1) is 17.5. The number of fused-ring (bicyclic) bond motifs is 1. The Bertz CT molecular complexity index is 1200. The summed E-state index contributed by atoms with van der Waals surface area (Å²) < 4.78 is 5.72. The van der Waals surface area contributed by atoms with Crippen LogP contribution in [-0.4, -0.2) is 65.0 Å². The van der Waals surface area contributed by atoms with Gasteiger partial charge in [0.25, 0.3) is 5.91 Å². The minimum Gasteiger partial charge on any atom is -0.481 e. The van der Waals surface area contributed by atoms with E-state index in [1.165, 1.54) is 0 Å². The maximum Gasteiger partial charge on any atom is 0.313 e. The second kappa shape index (κ2) is 11.3. The minimum atomic E-state index is -1.07. The van der Waals surface area contributed by atoms with Crippen LogP contribution in [0.25, 0.3) is 0 Å². The fourth-order valence-corrected chi connectivity index (χ4v) is 6.58. The highest BCUT2D eigenvalue weighted by molar-refractivity contribution is 8.32. The summed E-state index contributed by atoms with van der Waals surface area (Å²) in [7, 11) is -0.829. The Morgan fingerprint density at radius 1 is 1.05 bits per heavy atom. The van der Waals surface area contributed by atoms with E-state index in [1.54, 1.807) is 47.4 Å². The van der Waals surface area contributed by atoms with Gasteiger partial charge in [-0.3, -0.25) is 14.4 Å². The lowest BCUT2D eigenvalue weighted by molar-refractivity contribution is -0.152. The molecule has 37 heavy (non-hydrogen) atoms. The number of ether oxygens (including phenoxy) is 1. The van der Waals surface area contributed by atoms with Crippen LogP contribution in [0.15, 0.2) is 42.5 Å². The van der Waals surface area contributed by atoms with Gasteiger partial charge < -0.3 is 14.7 Å². The molecule has 200 valence electrons. The van der Waals surface area contributed by atoms with Crippen LogP contribution in [0.2, 0.25) is 10.0 Å². The number of hydrogen-bond donors (Lipinski definition) is 1. The zero-order valence-corrected chi connectivity index (χ0v) is 23.6. The lowest BCUT2D eigenvalue weighted by atomic mass is 9.75. The molecule has 0 spiro atoms. The Morgan fingerprint density at radius 3 is 2.43 bits per heavy atom. The van der Waals surface area contributed by atoms with Crippen molar-refractivity contribution < 1.29 is 24.2 Å². The summed E-state index contributed by atoms with van der Waals surface area (Å²) in [5.41, 5.74) is 1.27. The van der Waals surface area contributed by atoms with Crippen molar-refractivity contribution in [2.75, 3.05) is 31.1 Å². The molecule has 0 aromatic heterocycles. The fraction of sp³-hybridized carbons (Fsp3) is 0.464. The van der Waals surface area contributed by atoms with Gasteiger partial charge in [-0.1, -0.05) is 60.3 Å². The van der Waals surface area contributed by atoms with Gasteiger partial charge in [0, 0.05) is 27.4 Å². The summed E-state index contributed by atoms with van der Waals surface area (Å²) in [6, 6.07) is 10.3. The van der Waals surface area contributed by atoms with Crippen molar-refractivity contribution in [3.8, 4) is 0 Å². The number of aliphatic carboxylic acids is 1. The quantitative estimate of drug-likeness (QED) is 0.406. The Morgan fingerprint density at radius 2 is 1.76 bits per heavy atom. The van der Waals surface area contributed by atoms with E-state index >= 15 is 0 Å². The van der Waals surface area contributed by atoms with Crippen molar-refractivity contribution in [1.82, 2.24) is 4.90 Å². The van der Waals surface area contributed by atoms with Gasteiger partial charge in [-0.05, 0) is 60.9 Å². The highest BCUT2D eigenvalue weighted by Crippen LogP contribution is 2.48. The molecule has 0 bridgehead atoms. The number of rotatable bonds is 7. The largest absolute Gasteiger partial charge is 0.481 e. The molecule has 4 unspecified atom stereocenters. The second-order valence-corrected chi connectivity index (χ2v) is 16.1. The van der Waals surface area contributed by atoms with Gasteiger partial charge in [0.15, 0.2) is 0 Å². The molecule has 6 nitrogen and oxygen atoms in total. The third-order valence-electron chi connectivity index (χ3n) is 7.25. The standard InChI is InChI=1S/C28H33Cl2NO5S/c1-37(2,3)15-14-36-28(35)21-10-6-7-11-23(21)31-25(20-13-12-17(29)16-22(20)30)24(27(33)34)18-8-4-5-9-19(18)26(31)32/h4-5,8-9,12-13,16,21,23-25H,6-7,10-11,14-15H2,1-3H3,(H,33,34). The van der Waals surface area contributed by atoms with Crippen LogP contribution >= 0.6 is 33.2 Å². The van der Waals surface area contributed by atoms with Crippen LogP contribution in [0.4, 0.5) is 0 Å². The number of amides is 1. The van der Waals surface area contributed by atoms with Gasteiger partial charge in [-0.15, -0.1) is 0 Å². The van der Waals surface area contributed by atoms with Crippen LogP contribution in [0.5, 0.6) is 0 Å². The number of esters is 1. The fourth-order valence-electron chi connectivity index (χ4n) is 5.47. The second-order valence-electron chi connectivity index (χ2n) is 10.6. The lowest BCUT2D eigenvalue weighted by Gasteiger charge is -2.48. The topological polar surface area (TPSA) is 83.9 Å². The predicted molar refractivity (Wildman–Crippen MR) is 149 cm³/mol. The summed E-state index contributed by atoms with van der Waals surface area (Å²) in [6.45, 7) is 0.335. The molecule has 1 aliphatic heterocycles. The Hall–Kier alpha value is -2.22. The van der Waals surface area contributed by atoms with Crippen LogP contribution in [0.1, 0.15) is 59.1 Å². The number of halogens is 2. The monoisotopic (exact) mass is 565 g/mol. The Labute approximate surface area is 229 Å². The molecule has 1 saturated carbocycles. The maximum absolute atomic E-state index is 14.1. The van der Waals surface area contributed by atoms with E-state index in [1.807, 2.05) is 0 Å². The molecule has 1 amide bonds. The average molecular weight is 567 g/mol. The Balaban J connectivity index is 1.80. The average Bonchev–Trinajstić information content (AvgIpc) is 2.83. The number of carbonyl (C=O) groups is 3. The molecule has 2 aromatic rings. The number of carbonyl (C=O) groups excluding carboxylic acids is 2. The molecule has 1 fully saturated rings. The molecule has 4 atom stereocenters. The number of hydrogen-bond acceptors (Lipinski definition) is 4. The zero-order chi connectivity index (χ0) is 26.9. The van der Waals surface area contributed by atoms with Crippen molar-refractivity contribution in [3.05, 3.63) is 69.2 Å². The van der Waals surface area contributed by atoms with Crippen molar-refractivity contribution in [2.45, 2.75) is 43.7 Å². The molecule has 2 aromatic carbocycles. The molecule has 9 heteroatoms. The summed E-state index contributed by atoms with van der Waals surface area (Å²) in [4.78, 5) is 41.8. The summed E-state index contributed by atoms with van der Waals surface area (Å²) in [5, 5.41) is 11.1. The van der Waals surface area contributed by atoms with Crippen LogP contribution in [0, 0.1) is 5.92 Å². The van der Waals surface area contributed by atoms with Crippen molar-refractivity contribution >= 4 is 51.1 Å². The number of carboxylic acids is 1. The molecule has 0 saturated heterocycles. The van der Waals surface area contributed by atoms with E-state index in [-0.39, 0.29) is 16.9 Å². The highest BCUT2D eigenvalue weighted by atomic mass is 35.5. The first-order valence-electron chi connectivity index (χ1n) is 12.4. The van der Waals surface area contributed by atoms with Gasteiger partial charge in [0.1, 0.15) is 5.92 Å². The third kappa shape index (κ3) is 5.94. The number of benzene rings is 2. The van der Waals surface area contributed by atoms with E-state index in [9.17, 15) is 19.5 Å². The first kappa shape index (κ1) is 27.8. The van der Waals surface area contributed by atoms with E-state index < -0.39 is 39.9 Å². The highest BCUT2D eigenvalue weighted by Gasteiger charge is 2.50. The van der Waals surface area contributed by atoms with E-state index in [0.717, 1.165) is 18.6 Å². The summed E-state index contributed by atoms with van der Waals surface area (Å²) in [5.74, 6) is -2.49.